The zero-order valence-corrected chi connectivity index (χ0v) is 22.8. The number of nitrogens with zero attached hydrogens (tertiary/aromatic N) is 3. The number of aromatic nitrogens is 2. The Bertz CT molecular complexity index is 1770. The molecule has 4 aromatic rings. The molecule has 1 N–H and O–H groups in total. The first-order valence-electron chi connectivity index (χ1n) is 13.2. The number of carboxylic acid groups (broad SMARTS) is 1. The fraction of sp³-hybridized carbons (Fsp3) is 0.233. The van der Waals surface area contributed by atoms with E-state index in [-0.39, 0.29) is 64.7 Å². The molecule has 0 aliphatic carbocycles. The van der Waals surface area contributed by atoms with E-state index in [4.69, 9.17) is 4.74 Å². The van der Waals surface area contributed by atoms with E-state index >= 15 is 0 Å². The number of carbonyl (C=O) groups is 2. The van der Waals surface area contributed by atoms with Gasteiger partial charge in [-0.15, -0.1) is 8.78 Å². The van der Waals surface area contributed by atoms with Crippen LogP contribution in [0.1, 0.15) is 49.3 Å². The molecule has 44 heavy (non-hydrogen) atoms. The van der Waals surface area contributed by atoms with Crippen LogP contribution in [-0.2, 0) is 23.8 Å². The number of benzene rings is 3. The number of halogens is 5. The third-order valence-electron chi connectivity index (χ3n) is 7.30. The molecule has 2 aliphatic rings. The number of fused-ring (bicyclic) bond motifs is 2. The minimum atomic E-state index is -4.76. The Hall–Kier alpha value is -4.98. The SMILES string of the molecule is CN(C(=O)c1cccc(-n2nc(C(F)(F)F)c3c2C(Cc2ccc(C(=O)O)cc2)OCC3)c1)c1ccc2c(c1)OC(F)(F)O2. The van der Waals surface area contributed by atoms with Crippen molar-refractivity contribution in [2.45, 2.75) is 31.4 Å². The van der Waals surface area contributed by atoms with Gasteiger partial charge in [-0.1, -0.05) is 18.2 Å². The summed E-state index contributed by atoms with van der Waals surface area (Å²) in [5.74, 6) is -2.14. The van der Waals surface area contributed by atoms with Gasteiger partial charge in [-0.3, -0.25) is 4.79 Å². The molecule has 14 heteroatoms. The van der Waals surface area contributed by atoms with Crippen LogP contribution in [0.4, 0.5) is 27.6 Å². The second-order valence-corrected chi connectivity index (χ2v) is 10.2. The number of amides is 1. The van der Waals surface area contributed by atoms with Crippen LogP contribution in [0, 0.1) is 0 Å². The molecule has 0 saturated carbocycles. The number of carboxylic acids is 1. The zero-order valence-electron chi connectivity index (χ0n) is 22.8. The Morgan fingerprint density at radius 3 is 2.45 bits per heavy atom. The lowest BCUT2D eigenvalue weighted by Gasteiger charge is -2.26. The Labute approximate surface area is 246 Å². The van der Waals surface area contributed by atoms with Crippen molar-refractivity contribution < 1.29 is 50.9 Å². The smallest absolute Gasteiger partial charge is 0.478 e. The van der Waals surface area contributed by atoms with Gasteiger partial charge in [-0.2, -0.15) is 18.3 Å². The number of anilines is 1. The topological polar surface area (TPSA) is 103 Å². The average molecular weight is 616 g/mol. The third-order valence-corrected chi connectivity index (χ3v) is 7.30. The molecular formula is C30H22F5N3O6. The van der Waals surface area contributed by atoms with Crippen LogP contribution < -0.4 is 14.4 Å². The predicted octanol–water partition coefficient (Wildman–Crippen LogP) is 6.04. The highest BCUT2D eigenvalue weighted by Gasteiger charge is 2.44. The average Bonchev–Trinajstić information content (AvgIpc) is 3.53. The Balaban J connectivity index is 1.34. The van der Waals surface area contributed by atoms with Crippen molar-refractivity contribution >= 4 is 17.6 Å². The molecule has 2 aliphatic heterocycles. The van der Waals surface area contributed by atoms with E-state index in [0.717, 1.165) is 4.68 Å². The van der Waals surface area contributed by atoms with Crippen LogP contribution in [0.2, 0.25) is 0 Å². The van der Waals surface area contributed by atoms with E-state index in [1.165, 1.54) is 66.5 Å². The number of carbonyl (C=O) groups excluding carboxylic acids is 1. The van der Waals surface area contributed by atoms with Crippen molar-refractivity contribution in [1.29, 1.82) is 0 Å². The van der Waals surface area contributed by atoms with Gasteiger partial charge in [0.25, 0.3) is 5.91 Å². The lowest BCUT2D eigenvalue weighted by atomic mass is 9.97. The van der Waals surface area contributed by atoms with Gasteiger partial charge in [0.05, 0.1) is 23.6 Å². The summed E-state index contributed by atoms with van der Waals surface area (Å²) in [5, 5.41) is 13.1. The summed E-state index contributed by atoms with van der Waals surface area (Å²) in [6.45, 7) is 0.0183. The summed E-state index contributed by atoms with van der Waals surface area (Å²) in [5.41, 5.74) is 0.241. The third kappa shape index (κ3) is 5.43. The van der Waals surface area contributed by atoms with E-state index in [9.17, 15) is 36.6 Å². The van der Waals surface area contributed by atoms with Crippen molar-refractivity contribution in [1.82, 2.24) is 9.78 Å². The zero-order chi connectivity index (χ0) is 31.4. The number of aromatic carboxylic acids is 1. The van der Waals surface area contributed by atoms with Crippen molar-refractivity contribution in [2.75, 3.05) is 18.6 Å². The van der Waals surface area contributed by atoms with E-state index in [1.54, 1.807) is 12.1 Å². The van der Waals surface area contributed by atoms with E-state index < -0.39 is 36.1 Å². The van der Waals surface area contributed by atoms with Gasteiger partial charge in [0.15, 0.2) is 17.2 Å². The van der Waals surface area contributed by atoms with Crippen molar-refractivity contribution in [2.24, 2.45) is 0 Å². The van der Waals surface area contributed by atoms with Gasteiger partial charge < -0.3 is 24.2 Å². The normalized spacial score (nSPS) is 16.8. The number of hydrogen-bond acceptors (Lipinski definition) is 6. The first-order valence-corrected chi connectivity index (χ1v) is 13.2. The first-order chi connectivity index (χ1) is 20.8. The largest absolute Gasteiger partial charge is 0.586 e. The second-order valence-electron chi connectivity index (χ2n) is 10.2. The quantitative estimate of drug-likeness (QED) is 0.264. The minimum Gasteiger partial charge on any atom is -0.478 e. The summed E-state index contributed by atoms with van der Waals surface area (Å²) < 4.78 is 85.2. The standard InChI is InChI=1S/C30H22F5N3O6/c1-37(19-9-10-22-23(15-19)44-30(34,35)43-22)27(39)18-3-2-4-20(14-18)38-25-21(26(36-38)29(31,32)33)11-12-42-24(25)13-16-5-7-17(8-6-16)28(40)41/h2-10,14-15,24H,11-13H2,1H3,(H,40,41). The molecule has 1 unspecified atom stereocenters. The molecule has 0 bridgehead atoms. The summed E-state index contributed by atoms with van der Waals surface area (Å²) in [6, 6.07) is 15.6. The van der Waals surface area contributed by atoms with E-state index in [0.29, 0.717) is 5.56 Å². The molecule has 3 aromatic carbocycles. The van der Waals surface area contributed by atoms with Crippen molar-refractivity contribution in [3.05, 3.63) is 100 Å². The Kier molecular flexibility index (Phi) is 7.03. The maximum absolute atomic E-state index is 14.1. The van der Waals surface area contributed by atoms with Gasteiger partial charge in [0, 0.05) is 36.3 Å². The lowest BCUT2D eigenvalue weighted by Crippen LogP contribution is -2.26. The van der Waals surface area contributed by atoms with Crippen molar-refractivity contribution in [3.8, 4) is 17.2 Å². The Morgan fingerprint density at radius 2 is 1.75 bits per heavy atom. The van der Waals surface area contributed by atoms with Crippen LogP contribution in [0.5, 0.6) is 11.5 Å². The molecule has 0 spiro atoms. The summed E-state index contributed by atoms with van der Waals surface area (Å²) in [7, 11) is 1.40. The van der Waals surface area contributed by atoms with Crippen LogP contribution in [0.15, 0.2) is 66.7 Å². The van der Waals surface area contributed by atoms with Crippen LogP contribution in [-0.4, -0.2) is 46.7 Å². The van der Waals surface area contributed by atoms with Gasteiger partial charge in [-0.05, 0) is 54.4 Å². The second kappa shape index (κ2) is 10.6. The van der Waals surface area contributed by atoms with Crippen molar-refractivity contribution in [3.63, 3.8) is 0 Å². The fourth-order valence-corrected chi connectivity index (χ4v) is 5.23. The van der Waals surface area contributed by atoms with E-state index in [2.05, 4.69) is 14.6 Å². The number of alkyl halides is 5. The molecule has 228 valence electrons. The van der Waals surface area contributed by atoms with Gasteiger partial charge in [0.2, 0.25) is 0 Å². The van der Waals surface area contributed by atoms with E-state index in [1.807, 2.05) is 0 Å². The minimum absolute atomic E-state index is 0.0183. The maximum Gasteiger partial charge on any atom is 0.586 e. The molecule has 1 atom stereocenters. The molecular weight excluding hydrogens is 593 g/mol. The highest BCUT2D eigenvalue weighted by Crippen LogP contribution is 2.43. The molecule has 0 saturated heterocycles. The summed E-state index contributed by atoms with van der Waals surface area (Å²) in [6.07, 6.45) is -9.35. The lowest BCUT2D eigenvalue weighted by molar-refractivity contribution is -0.286. The van der Waals surface area contributed by atoms with Gasteiger partial charge >= 0.3 is 18.4 Å². The monoisotopic (exact) mass is 615 g/mol. The molecule has 6 rings (SSSR count). The van der Waals surface area contributed by atoms with Gasteiger partial charge in [-0.25, -0.2) is 9.48 Å². The molecule has 0 fully saturated rings. The van der Waals surface area contributed by atoms with Crippen LogP contribution in [0.25, 0.3) is 5.69 Å². The van der Waals surface area contributed by atoms with Crippen LogP contribution >= 0.6 is 0 Å². The number of hydrogen-bond donors (Lipinski definition) is 1. The molecule has 1 aromatic heterocycles. The molecule has 9 nitrogen and oxygen atoms in total. The summed E-state index contributed by atoms with van der Waals surface area (Å²) >= 11 is 0. The Morgan fingerprint density at radius 1 is 1.02 bits per heavy atom. The number of rotatable bonds is 6. The maximum atomic E-state index is 14.1. The highest BCUT2D eigenvalue weighted by molar-refractivity contribution is 6.06. The molecule has 3 heterocycles. The fourth-order valence-electron chi connectivity index (χ4n) is 5.23. The predicted molar refractivity (Wildman–Crippen MR) is 143 cm³/mol. The number of ether oxygens (including phenoxy) is 3. The molecule has 1 amide bonds. The highest BCUT2D eigenvalue weighted by atomic mass is 19.4. The first kappa shape index (κ1) is 29.1. The van der Waals surface area contributed by atoms with Crippen LogP contribution in [0.3, 0.4) is 0 Å². The van der Waals surface area contributed by atoms with Gasteiger partial charge in [0.1, 0.15) is 6.10 Å². The molecule has 0 radical (unpaired) electrons. The summed E-state index contributed by atoms with van der Waals surface area (Å²) in [4.78, 5) is 25.8.